The van der Waals surface area contributed by atoms with Gasteiger partial charge < -0.3 is 76.5 Å². The van der Waals surface area contributed by atoms with Crippen LogP contribution < -0.4 is 30.5 Å². The standard InChI is InChI=1S/6C12H8N5.4Cu.2H2O/c6*1-3-7-13-9(5-1)11-15-12(17-16-11)10-6-2-4-8-14-10;;;;;;/h6*1-8H;;;;;2*1H2/q6*-1;2*+1;2*+2;;. The van der Waals surface area contributed by atoms with Gasteiger partial charge in [-0.05, 0) is 175 Å². The van der Waals surface area contributed by atoms with E-state index in [0.717, 1.165) is 0 Å². The van der Waals surface area contributed by atoms with E-state index < -0.39 is 0 Å². The van der Waals surface area contributed by atoms with Gasteiger partial charge in [0.05, 0.1) is 97.4 Å². The summed E-state index contributed by atoms with van der Waals surface area (Å²) in [4.78, 5) is 75.9. The van der Waals surface area contributed by atoms with E-state index >= 15 is 0 Å². The Bertz CT molecular complexity index is 4210. The largest absolute Gasteiger partial charge is 2.00 e. The van der Waals surface area contributed by atoms with E-state index in [-0.39, 0.29) is 79.2 Å². The first kappa shape index (κ1) is 81.9. The zero-order chi connectivity index (χ0) is 69.0. The maximum Gasteiger partial charge on any atom is 2.00 e. The van der Waals surface area contributed by atoms with Crippen molar-refractivity contribution in [1.29, 1.82) is 0 Å². The minimum Gasteiger partial charge on any atom is -0.415 e. The van der Waals surface area contributed by atoms with Gasteiger partial charge in [0.15, 0.2) is 0 Å². The molecular weight excluding hydrogens is 1570 g/mol. The van der Waals surface area contributed by atoms with Crippen molar-refractivity contribution >= 4 is 0 Å². The number of hydrogen-bond acceptors (Lipinski definition) is 24. The molecule has 0 bridgehead atoms. The normalized spacial score (nSPS) is 9.78. The maximum atomic E-state index is 4.30. The molecule has 0 spiro atoms. The molecular formula is C72H52Cu4N30O2. The van der Waals surface area contributed by atoms with E-state index in [1.807, 2.05) is 218 Å². The molecule has 18 aromatic heterocycles. The number of pyridine rings is 12. The van der Waals surface area contributed by atoms with Crippen molar-refractivity contribution in [2.24, 2.45) is 0 Å². The molecule has 0 amide bonds. The summed E-state index contributed by atoms with van der Waals surface area (Å²) in [7, 11) is 0. The van der Waals surface area contributed by atoms with E-state index in [1.165, 1.54) is 0 Å². The molecule has 2 radical (unpaired) electrons. The monoisotopic (exact) mass is 1620 g/mol. The van der Waals surface area contributed by atoms with Gasteiger partial charge in [0.1, 0.15) is 0 Å². The first-order valence-electron chi connectivity index (χ1n) is 30.8. The van der Waals surface area contributed by atoms with Gasteiger partial charge in [-0.2, -0.15) is 0 Å². The van der Waals surface area contributed by atoms with Crippen LogP contribution in [0.25, 0.3) is 138 Å². The van der Waals surface area contributed by atoms with Crippen molar-refractivity contribution in [2.45, 2.75) is 0 Å². The SMILES string of the molecule is O.O.[Cu+2].[Cu+2].[Cu+].[Cu+].c1ccc(-c2n[n-]c(-c3ccccn3)n2)nc1.c1ccc(-c2n[n-]c(-c3ccccn3)n2)nc1.c1ccc(-c2n[n-]c(-c3ccccn3)n2)nc1.c1ccc(-c2n[n-]c(-c3ccccn3)n2)nc1.c1ccc(-c2n[n-]c(-c3ccccn3)n2)nc1.c1ccc(-c2nnc(-c3ccccn3)[n-]2)nc1. The number of hydrogen-bond donors (Lipinski definition) is 0. The predicted molar refractivity (Wildman–Crippen MR) is 378 cm³/mol. The van der Waals surface area contributed by atoms with Crippen LogP contribution in [-0.4, -0.2) is 131 Å². The van der Waals surface area contributed by atoms with Crippen molar-refractivity contribution in [3.63, 3.8) is 0 Å². The van der Waals surface area contributed by atoms with E-state index in [9.17, 15) is 0 Å². The fourth-order valence-electron chi connectivity index (χ4n) is 8.68. The average Bonchev–Trinajstić information content (AvgIpc) is 1.74. The van der Waals surface area contributed by atoms with Crippen LogP contribution in [-0.2, 0) is 68.3 Å². The minimum absolute atomic E-state index is 0. The first-order chi connectivity index (χ1) is 50.6. The molecule has 18 heterocycles. The minimum atomic E-state index is 0. The van der Waals surface area contributed by atoms with Gasteiger partial charge in [0, 0.05) is 86.0 Å². The summed E-state index contributed by atoms with van der Waals surface area (Å²) in [5, 5.41) is 48.0. The Morgan fingerprint density at radius 3 is 0.454 bits per heavy atom. The van der Waals surface area contributed by atoms with Crippen molar-refractivity contribution in [3.05, 3.63) is 293 Å². The Balaban J connectivity index is 0.000000179. The number of rotatable bonds is 12. The summed E-state index contributed by atoms with van der Waals surface area (Å²) in [6.07, 6.45) is 20.4. The maximum absolute atomic E-state index is 4.30. The van der Waals surface area contributed by atoms with Gasteiger partial charge in [-0.15, -0.1) is 0 Å². The summed E-state index contributed by atoms with van der Waals surface area (Å²) in [6.45, 7) is 0. The molecule has 0 aromatic carbocycles. The molecule has 108 heavy (non-hydrogen) atoms. The van der Waals surface area contributed by atoms with Crippen molar-refractivity contribution < 1.29 is 79.2 Å². The van der Waals surface area contributed by atoms with Crippen LogP contribution in [0.3, 0.4) is 0 Å². The van der Waals surface area contributed by atoms with Crippen LogP contribution in [0.15, 0.2) is 293 Å². The second-order valence-corrected chi connectivity index (χ2v) is 20.3. The third kappa shape index (κ3) is 22.8. The number of nitrogens with zero attached hydrogens (tertiary/aromatic N) is 30. The van der Waals surface area contributed by atoms with Gasteiger partial charge in [0.2, 0.25) is 0 Å². The predicted octanol–water partition coefficient (Wildman–Crippen LogP) is 7.69. The smallest absolute Gasteiger partial charge is 0.415 e. The van der Waals surface area contributed by atoms with Gasteiger partial charge in [-0.1, -0.05) is 72.8 Å². The second-order valence-electron chi connectivity index (χ2n) is 20.3. The third-order valence-corrected chi connectivity index (χ3v) is 13.4. The topological polar surface area (TPSA) is 457 Å². The van der Waals surface area contributed by atoms with Crippen molar-refractivity contribution in [1.82, 2.24) is 151 Å². The van der Waals surface area contributed by atoms with Crippen molar-refractivity contribution in [3.8, 4) is 138 Å². The summed E-state index contributed by atoms with van der Waals surface area (Å²) < 4.78 is 0. The fourth-order valence-corrected chi connectivity index (χ4v) is 8.68. The summed E-state index contributed by atoms with van der Waals surface area (Å²) in [5.74, 6) is 6.24. The Hall–Kier alpha value is -13.4. The average molecular weight is 1620 g/mol. The molecule has 0 unspecified atom stereocenters. The molecule has 36 heteroatoms. The molecule has 4 N–H and O–H groups in total. The van der Waals surface area contributed by atoms with Crippen LogP contribution >= 0.6 is 0 Å². The molecule has 0 fully saturated rings. The zero-order valence-electron chi connectivity index (χ0n) is 55.3. The molecule has 0 aliphatic heterocycles. The molecule has 18 rings (SSSR count). The zero-order valence-corrected chi connectivity index (χ0v) is 59.1. The summed E-state index contributed by atoms with van der Waals surface area (Å²) >= 11 is 0. The van der Waals surface area contributed by atoms with Crippen LogP contribution in [0, 0.1) is 0 Å². The molecule has 0 aliphatic carbocycles. The van der Waals surface area contributed by atoms with Gasteiger partial charge in [-0.25, -0.2) is 0 Å². The Morgan fingerprint density at radius 1 is 0.176 bits per heavy atom. The van der Waals surface area contributed by atoms with Gasteiger partial charge in [-0.3, -0.25) is 85.3 Å². The fraction of sp³-hybridized carbons (Fsp3) is 0. The van der Waals surface area contributed by atoms with Crippen LogP contribution in [0.2, 0.25) is 0 Å². The summed E-state index contributed by atoms with van der Waals surface area (Å²) in [5.41, 5.74) is 8.52. The van der Waals surface area contributed by atoms with Crippen LogP contribution in [0.5, 0.6) is 0 Å². The summed E-state index contributed by atoms with van der Waals surface area (Å²) in [6, 6.07) is 67.0. The van der Waals surface area contributed by atoms with E-state index in [4.69, 9.17) is 0 Å². The molecule has 0 saturated heterocycles. The van der Waals surface area contributed by atoms with Gasteiger partial charge in [0.25, 0.3) is 0 Å². The third-order valence-electron chi connectivity index (χ3n) is 13.4. The van der Waals surface area contributed by atoms with E-state index in [0.29, 0.717) is 138 Å². The Labute approximate surface area is 656 Å². The van der Waals surface area contributed by atoms with E-state index in [1.54, 1.807) is 74.4 Å². The molecule has 546 valence electrons. The molecule has 0 saturated carbocycles. The first-order valence-corrected chi connectivity index (χ1v) is 30.8. The molecule has 0 atom stereocenters. The quantitative estimate of drug-likeness (QED) is 0.106. The van der Waals surface area contributed by atoms with Gasteiger partial charge >= 0.3 is 68.3 Å². The second kappa shape index (κ2) is 43.0. The molecule has 18 aromatic rings. The Morgan fingerprint density at radius 2 is 0.315 bits per heavy atom. The van der Waals surface area contributed by atoms with E-state index in [2.05, 4.69) is 151 Å². The Kier molecular flexibility index (Phi) is 32.7. The van der Waals surface area contributed by atoms with Crippen LogP contribution in [0.1, 0.15) is 0 Å². The van der Waals surface area contributed by atoms with Crippen LogP contribution in [0.4, 0.5) is 0 Å². The molecule has 32 nitrogen and oxygen atoms in total. The number of aromatic nitrogens is 30. The molecule has 0 aliphatic rings. The van der Waals surface area contributed by atoms with Crippen molar-refractivity contribution in [2.75, 3.05) is 0 Å².